The first-order valence-electron chi connectivity index (χ1n) is 6.38. The fourth-order valence-electron chi connectivity index (χ4n) is 1.87. The normalized spacial score (nSPS) is 10.5. The van der Waals surface area contributed by atoms with Gasteiger partial charge in [-0.25, -0.2) is 8.78 Å². The van der Waals surface area contributed by atoms with Crippen LogP contribution in [0.25, 0.3) is 11.4 Å². The van der Waals surface area contributed by atoms with E-state index in [0.29, 0.717) is 11.4 Å². The average Bonchev–Trinajstić information content (AvgIpc) is 2.97. The van der Waals surface area contributed by atoms with Crippen molar-refractivity contribution in [1.29, 1.82) is 0 Å². The van der Waals surface area contributed by atoms with Gasteiger partial charge in [-0.05, 0) is 36.4 Å². The first-order valence-corrected chi connectivity index (χ1v) is 6.38. The summed E-state index contributed by atoms with van der Waals surface area (Å²) >= 11 is 0. The molecule has 0 spiro atoms. The lowest BCUT2D eigenvalue weighted by atomic mass is 10.2. The van der Waals surface area contributed by atoms with Crippen LogP contribution in [0.4, 0.5) is 14.7 Å². The summed E-state index contributed by atoms with van der Waals surface area (Å²) in [4.78, 5) is 16.0. The van der Waals surface area contributed by atoms with Crippen LogP contribution in [-0.4, -0.2) is 21.1 Å². The largest absolute Gasteiger partial charge is 0.289 e. The Balaban J connectivity index is 1.78. The zero-order valence-electron chi connectivity index (χ0n) is 11.2. The summed E-state index contributed by atoms with van der Waals surface area (Å²) in [6, 6.07) is 11.2. The highest BCUT2D eigenvalue weighted by atomic mass is 19.1. The highest BCUT2D eigenvalue weighted by molar-refractivity contribution is 6.03. The van der Waals surface area contributed by atoms with Crippen molar-refractivity contribution in [2.45, 2.75) is 0 Å². The molecule has 0 unspecified atom stereocenters. The maximum Gasteiger partial charge on any atom is 0.261 e. The summed E-state index contributed by atoms with van der Waals surface area (Å²) in [6.07, 6.45) is 0. The summed E-state index contributed by atoms with van der Waals surface area (Å²) in [6.45, 7) is 0. The van der Waals surface area contributed by atoms with E-state index in [2.05, 4.69) is 20.5 Å². The van der Waals surface area contributed by atoms with E-state index in [1.54, 1.807) is 6.07 Å². The molecule has 5 nitrogen and oxygen atoms in total. The van der Waals surface area contributed by atoms with Crippen LogP contribution in [-0.2, 0) is 0 Å². The number of anilines is 1. The summed E-state index contributed by atoms with van der Waals surface area (Å²) in [5.74, 6) is -1.27. The first kappa shape index (κ1) is 13.9. The second-order valence-electron chi connectivity index (χ2n) is 4.45. The van der Waals surface area contributed by atoms with E-state index in [0.717, 1.165) is 0 Å². The number of carbonyl (C=O) groups excluding carboxylic acids is 1. The second-order valence-corrected chi connectivity index (χ2v) is 4.45. The number of amides is 1. The van der Waals surface area contributed by atoms with Crippen molar-refractivity contribution >= 4 is 11.9 Å². The Morgan fingerprint density at radius 3 is 2.50 bits per heavy atom. The van der Waals surface area contributed by atoms with Crippen LogP contribution in [0, 0.1) is 11.6 Å². The Kier molecular flexibility index (Phi) is 3.61. The van der Waals surface area contributed by atoms with Gasteiger partial charge in [-0.1, -0.05) is 12.1 Å². The molecule has 0 bridgehead atoms. The Bertz CT molecular complexity index is 814. The summed E-state index contributed by atoms with van der Waals surface area (Å²) in [7, 11) is 0. The molecular weight excluding hydrogens is 290 g/mol. The molecule has 0 fully saturated rings. The van der Waals surface area contributed by atoms with Crippen LogP contribution >= 0.6 is 0 Å². The molecule has 7 heteroatoms. The van der Waals surface area contributed by atoms with Crippen LogP contribution in [0.15, 0.2) is 48.5 Å². The van der Waals surface area contributed by atoms with E-state index in [-0.39, 0.29) is 17.3 Å². The number of nitrogens with zero attached hydrogens (tertiary/aromatic N) is 2. The number of aromatic amines is 1. The van der Waals surface area contributed by atoms with Crippen LogP contribution in [0.2, 0.25) is 0 Å². The van der Waals surface area contributed by atoms with Gasteiger partial charge in [-0.2, -0.15) is 4.98 Å². The molecule has 1 heterocycles. The number of halogens is 2. The number of nitrogens with one attached hydrogen (secondary N) is 2. The van der Waals surface area contributed by atoms with E-state index in [1.807, 2.05) is 0 Å². The molecule has 2 aromatic carbocycles. The topological polar surface area (TPSA) is 70.7 Å². The third-order valence-electron chi connectivity index (χ3n) is 2.95. The zero-order chi connectivity index (χ0) is 15.5. The van der Waals surface area contributed by atoms with Gasteiger partial charge in [-0.3, -0.25) is 15.2 Å². The van der Waals surface area contributed by atoms with Crippen molar-refractivity contribution in [3.63, 3.8) is 0 Å². The van der Waals surface area contributed by atoms with Crippen molar-refractivity contribution in [2.24, 2.45) is 0 Å². The van der Waals surface area contributed by atoms with Gasteiger partial charge in [0, 0.05) is 5.56 Å². The summed E-state index contributed by atoms with van der Waals surface area (Å²) < 4.78 is 26.4. The Hall–Kier alpha value is -3.09. The van der Waals surface area contributed by atoms with Gasteiger partial charge in [0.25, 0.3) is 5.91 Å². The highest BCUT2D eigenvalue weighted by Gasteiger charge is 2.13. The predicted molar refractivity (Wildman–Crippen MR) is 76.1 cm³/mol. The molecule has 3 aromatic rings. The number of aromatic nitrogens is 3. The Labute approximate surface area is 124 Å². The number of carbonyl (C=O) groups is 1. The monoisotopic (exact) mass is 300 g/mol. The quantitative estimate of drug-likeness (QED) is 0.781. The predicted octanol–water partition coefficient (Wildman–Crippen LogP) is 3.00. The molecule has 0 atom stereocenters. The lowest BCUT2D eigenvalue weighted by molar-refractivity contribution is 0.102. The Morgan fingerprint density at radius 1 is 1.05 bits per heavy atom. The molecular formula is C15H10F2N4O. The maximum atomic E-state index is 13.5. The molecule has 0 aliphatic carbocycles. The molecule has 110 valence electrons. The number of rotatable bonds is 3. The van der Waals surface area contributed by atoms with Gasteiger partial charge < -0.3 is 0 Å². The first-order chi connectivity index (χ1) is 10.6. The van der Waals surface area contributed by atoms with Crippen LogP contribution in [0.5, 0.6) is 0 Å². The van der Waals surface area contributed by atoms with Gasteiger partial charge in [-0.15, -0.1) is 5.10 Å². The van der Waals surface area contributed by atoms with Gasteiger partial charge in [0.2, 0.25) is 5.95 Å². The van der Waals surface area contributed by atoms with E-state index < -0.39 is 11.7 Å². The minimum absolute atomic E-state index is 0.00702. The van der Waals surface area contributed by atoms with E-state index in [1.165, 1.54) is 42.5 Å². The minimum atomic E-state index is -0.650. The lowest BCUT2D eigenvalue weighted by Gasteiger charge is -2.01. The Morgan fingerprint density at radius 2 is 1.77 bits per heavy atom. The number of H-pyrrole nitrogens is 1. The fourth-order valence-corrected chi connectivity index (χ4v) is 1.87. The van der Waals surface area contributed by atoms with E-state index in [4.69, 9.17) is 0 Å². The van der Waals surface area contributed by atoms with Gasteiger partial charge in [0.1, 0.15) is 11.6 Å². The standard InChI is InChI=1S/C15H10F2N4O/c16-10-7-5-9(6-8-10)13-18-15(21-20-13)19-14(22)11-3-1-2-4-12(11)17/h1-8H,(H2,18,19,20,21,22). The summed E-state index contributed by atoms with van der Waals surface area (Å²) in [5.41, 5.74) is 0.510. The lowest BCUT2D eigenvalue weighted by Crippen LogP contribution is -2.14. The van der Waals surface area contributed by atoms with Gasteiger partial charge in [0.15, 0.2) is 5.82 Å². The maximum absolute atomic E-state index is 13.5. The van der Waals surface area contributed by atoms with E-state index in [9.17, 15) is 13.6 Å². The molecule has 0 saturated carbocycles. The number of benzene rings is 2. The molecule has 2 N–H and O–H groups in total. The average molecular weight is 300 g/mol. The van der Waals surface area contributed by atoms with Crippen LogP contribution in [0.1, 0.15) is 10.4 Å². The molecule has 22 heavy (non-hydrogen) atoms. The van der Waals surface area contributed by atoms with Crippen molar-refractivity contribution < 1.29 is 13.6 Å². The SMILES string of the molecule is O=C(Nc1n[nH]c(-c2ccc(F)cc2)n1)c1ccccc1F. The highest BCUT2D eigenvalue weighted by Crippen LogP contribution is 2.17. The van der Waals surface area contributed by atoms with Crippen molar-refractivity contribution in [1.82, 2.24) is 15.2 Å². The van der Waals surface area contributed by atoms with Crippen molar-refractivity contribution in [3.8, 4) is 11.4 Å². The molecule has 0 aliphatic heterocycles. The molecule has 0 radical (unpaired) electrons. The van der Waals surface area contributed by atoms with Crippen LogP contribution < -0.4 is 5.32 Å². The van der Waals surface area contributed by atoms with Crippen molar-refractivity contribution in [3.05, 3.63) is 65.7 Å². The molecule has 0 saturated heterocycles. The van der Waals surface area contributed by atoms with Gasteiger partial charge in [0.05, 0.1) is 5.56 Å². The molecule has 1 amide bonds. The second kappa shape index (κ2) is 5.72. The zero-order valence-corrected chi connectivity index (χ0v) is 11.2. The molecule has 0 aliphatic rings. The van der Waals surface area contributed by atoms with Crippen LogP contribution in [0.3, 0.4) is 0 Å². The molecule has 1 aromatic heterocycles. The molecule has 3 rings (SSSR count). The minimum Gasteiger partial charge on any atom is -0.289 e. The van der Waals surface area contributed by atoms with Gasteiger partial charge >= 0.3 is 0 Å². The number of hydrogen-bond donors (Lipinski definition) is 2. The van der Waals surface area contributed by atoms with Crippen molar-refractivity contribution in [2.75, 3.05) is 5.32 Å². The third-order valence-corrected chi connectivity index (χ3v) is 2.95. The third kappa shape index (κ3) is 2.83. The summed E-state index contributed by atoms with van der Waals surface area (Å²) in [5, 5.41) is 8.84. The fraction of sp³-hybridized carbons (Fsp3) is 0. The number of hydrogen-bond acceptors (Lipinski definition) is 3. The smallest absolute Gasteiger partial charge is 0.261 e. The van der Waals surface area contributed by atoms with E-state index >= 15 is 0 Å².